The second kappa shape index (κ2) is 32.6. The number of aromatic nitrogens is 5. The first-order chi connectivity index (χ1) is 46.0. The highest BCUT2D eigenvalue weighted by Crippen LogP contribution is 2.41. The van der Waals surface area contributed by atoms with Gasteiger partial charge < -0.3 is 55.4 Å². The summed E-state index contributed by atoms with van der Waals surface area (Å²) in [5.74, 6) is -1.66. The number of thiazole rings is 2. The van der Waals surface area contributed by atoms with Crippen molar-refractivity contribution in [2.45, 2.75) is 56.5 Å². The molecule has 0 bridgehead atoms. The average Bonchev–Trinajstić information content (AvgIpc) is 1.81. The molecule has 2 amide bonds. The minimum Gasteiger partial charge on any atom is -0.396 e. The van der Waals surface area contributed by atoms with Gasteiger partial charge in [0.05, 0.1) is 75.1 Å². The third-order valence-corrected chi connectivity index (χ3v) is 18.9. The molecule has 7 N–H and O–H groups in total. The van der Waals surface area contributed by atoms with E-state index in [0.717, 1.165) is 58.3 Å². The van der Waals surface area contributed by atoms with Crippen LogP contribution in [-0.2, 0) is 48.9 Å². The molecule has 0 radical (unpaired) electrons. The third kappa shape index (κ3) is 18.7. The fourth-order valence-corrected chi connectivity index (χ4v) is 13.1. The molecule has 0 unspecified atom stereocenters. The van der Waals surface area contributed by atoms with Crippen LogP contribution in [0.1, 0.15) is 51.3 Å². The highest BCUT2D eigenvalue weighted by Gasteiger charge is 2.26. The molecule has 35 heteroatoms. The molecule has 30 nitrogen and oxygen atoms in total. The third-order valence-electron chi connectivity index (χ3n) is 14.6. The van der Waals surface area contributed by atoms with E-state index in [4.69, 9.17) is 44.6 Å². The molecule has 7 aromatic rings. The summed E-state index contributed by atoms with van der Waals surface area (Å²) >= 11 is 3.31. The van der Waals surface area contributed by atoms with Crippen LogP contribution >= 0.6 is 34.4 Å². The van der Waals surface area contributed by atoms with Gasteiger partial charge in [0.2, 0.25) is 22.2 Å². The zero-order chi connectivity index (χ0) is 68.7. The number of aliphatic hydroxyl groups is 1. The van der Waals surface area contributed by atoms with Crippen molar-refractivity contribution < 1.29 is 59.7 Å². The second-order valence-electron chi connectivity index (χ2n) is 20.9. The molecule has 96 heavy (non-hydrogen) atoms. The Kier molecular flexibility index (Phi) is 24.2. The zero-order valence-electron chi connectivity index (χ0n) is 52.9. The smallest absolute Gasteiger partial charge is 0.294 e. The van der Waals surface area contributed by atoms with E-state index in [0.29, 0.717) is 123 Å². The number of carbonyl (C=O) groups is 4. The van der Waals surface area contributed by atoms with Crippen molar-refractivity contribution >= 4 is 169 Å². The summed E-state index contributed by atoms with van der Waals surface area (Å²) in [4.78, 5) is 85.9. The molecule has 0 spiro atoms. The van der Waals surface area contributed by atoms with Crippen molar-refractivity contribution in [2.24, 2.45) is 20.5 Å². The highest BCUT2D eigenvalue weighted by atomic mass is 32.2. The van der Waals surface area contributed by atoms with Gasteiger partial charge in [0, 0.05) is 80.9 Å². The molecule has 0 aliphatic carbocycles. The van der Waals surface area contributed by atoms with Crippen LogP contribution in [0, 0.1) is 0 Å². The number of rotatable bonds is 29. The second-order valence-corrected chi connectivity index (χ2v) is 26.9. The van der Waals surface area contributed by atoms with Crippen molar-refractivity contribution in [1.82, 2.24) is 24.9 Å². The van der Waals surface area contributed by atoms with Crippen molar-refractivity contribution in [3.8, 4) is 0 Å². The number of morpholine rings is 2. The Morgan fingerprint density at radius 2 is 0.990 bits per heavy atom. The van der Waals surface area contributed by atoms with Crippen LogP contribution in [0.15, 0.2) is 131 Å². The summed E-state index contributed by atoms with van der Waals surface area (Å²) in [5.41, 5.74) is 2.67. The van der Waals surface area contributed by atoms with Gasteiger partial charge in [0.15, 0.2) is 16.7 Å². The topological polar surface area (TPSA) is 391 Å². The van der Waals surface area contributed by atoms with Crippen molar-refractivity contribution in [3.05, 3.63) is 106 Å². The van der Waals surface area contributed by atoms with Crippen molar-refractivity contribution in [2.75, 3.05) is 132 Å². The lowest BCUT2D eigenvalue weighted by molar-refractivity contribution is -0.120. The predicted octanol–water partition coefficient (Wildman–Crippen LogP) is 10.3. The van der Waals surface area contributed by atoms with E-state index in [1.165, 1.54) is 62.0 Å². The number of ether oxygens (including phenoxy) is 2. The van der Waals surface area contributed by atoms with Crippen LogP contribution in [0.25, 0.3) is 12.2 Å². The number of ketones is 2. The Morgan fingerprint density at radius 1 is 0.583 bits per heavy atom. The number of benzene rings is 4. The molecule has 0 atom stereocenters. The Labute approximate surface area is 565 Å². The van der Waals surface area contributed by atoms with E-state index in [2.05, 4.69) is 41.3 Å². The first-order valence-electron chi connectivity index (χ1n) is 30.1. The van der Waals surface area contributed by atoms with Crippen LogP contribution < -0.4 is 40.9 Å². The van der Waals surface area contributed by atoms with Crippen molar-refractivity contribution in [1.29, 1.82) is 0 Å². The van der Waals surface area contributed by atoms with E-state index in [9.17, 15) is 50.2 Å². The summed E-state index contributed by atoms with van der Waals surface area (Å²) in [6.45, 7) is 16.3. The van der Waals surface area contributed by atoms with E-state index >= 15 is 0 Å². The van der Waals surface area contributed by atoms with Crippen molar-refractivity contribution in [3.63, 3.8) is 0 Å². The Morgan fingerprint density at radius 3 is 1.35 bits per heavy atom. The molecule has 9 rings (SSSR count). The Bertz CT molecular complexity index is 4110. The molecule has 2 saturated heterocycles. The van der Waals surface area contributed by atoms with Crippen LogP contribution in [0.4, 0.5) is 79.3 Å². The summed E-state index contributed by atoms with van der Waals surface area (Å²) in [5, 5.41) is 41.0. The minimum absolute atomic E-state index is 0.0212. The number of thioether (sulfide) groups is 1. The van der Waals surface area contributed by atoms with Gasteiger partial charge in [-0.3, -0.25) is 28.3 Å². The molecule has 5 heterocycles. The fourth-order valence-electron chi connectivity index (χ4n) is 9.78. The van der Waals surface area contributed by atoms with Crippen LogP contribution in [0.2, 0.25) is 0 Å². The molecule has 506 valence electrons. The van der Waals surface area contributed by atoms with Gasteiger partial charge >= 0.3 is 0 Å². The van der Waals surface area contributed by atoms with Gasteiger partial charge in [0.1, 0.15) is 23.0 Å². The van der Waals surface area contributed by atoms with E-state index < -0.39 is 53.4 Å². The maximum absolute atomic E-state index is 13.7. The molecular weight excluding hydrogens is 1340 g/mol. The largest absolute Gasteiger partial charge is 0.396 e. The van der Waals surface area contributed by atoms with Gasteiger partial charge in [-0.1, -0.05) is 46.6 Å². The number of Topliss-reactive ketones (excluding diaryl/α,β-unsaturated/α-hetero) is 2. The lowest BCUT2D eigenvalue weighted by Crippen LogP contribution is -2.36. The van der Waals surface area contributed by atoms with E-state index in [-0.39, 0.29) is 62.2 Å². The standard InChI is InChI=1S/C61H69N17O13S5/c1-7-75(8-2)41-17-19-47(71-73-60-66-53(77-21-26-90-27-22-77)51(93-60)35-45(37(5)80)55(82)62-39-13-11-15-43(31-39)95(84,85)86)49(33-41)64-57-68-58(70-59(69-57)92-30-25-79)65-50-34-42(76(9-3)10-4)18-20-48(50)72-74-61-67-54(78-23-28-91-29-24-78)52(94-61)36-46(38(6)81)56(83)63-40-14-12-16-44(32-40)96(87,88)89/h11-20,31-36,79H,7-10,21-30H2,1-6H3,(H,62,82)(H,63,83)(H,84,85,86)(H,87,88,89)(H2,64,65,68,69,70)/b45-35-,46-36+,73-71+,74-72+. The monoisotopic (exact) mass is 1410 g/mol. The summed E-state index contributed by atoms with van der Waals surface area (Å²) in [6.07, 6.45) is 2.78. The Hall–Kier alpha value is -9.04. The number of nitrogens with zero attached hydrogens (tertiary/aromatic N) is 13. The summed E-state index contributed by atoms with van der Waals surface area (Å²) in [6, 6.07) is 21.0. The maximum Gasteiger partial charge on any atom is 0.294 e. The number of anilines is 10. The summed E-state index contributed by atoms with van der Waals surface area (Å²) in [7, 11) is -9.20. The highest BCUT2D eigenvalue weighted by molar-refractivity contribution is 7.99. The molecule has 2 aliphatic rings. The first kappa shape index (κ1) is 71.3. The number of amides is 2. The molecule has 2 fully saturated rings. The quantitative estimate of drug-likeness (QED) is 0.00572. The maximum atomic E-state index is 13.7. The molecular formula is C61H69N17O13S5. The minimum atomic E-state index is -4.60. The Balaban J connectivity index is 1.06. The molecule has 3 aromatic heterocycles. The number of nitrogens with one attached hydrogen (secondary N) is 4. The first-order valence-corrected chi connectivity index (χ1v) is 35.6. The van der Waals surface area contributed by atoms with Gasteiger partial charge in [-0.15, -0.1) is 20.5 Å². The van der Waals surface area contributed by atoms with Gasteiger partial charge in [-0.2, -0.15) is 41.8 Å². The van der Waals surface area contributed by atoms with Crippen LogP contribution in [0.3, 0.4) is 0 Å². The number of azo groups is 2. The average molecular weight is 1410 g/mol. The van der Waals surface area contributed by atoms with Gasteiger partial charge in [-0.25, -0.2) is 0 Å². The predicted molar refractivity (Wildman–Crippen MR) is 370 cm³/mol. The molecule has 4 aromatic carbocycles. The molecule has 2 aliphatic heterocycles. The number of aliphatic hydroxyl groups excluding tert-OH is 1. The fraction of sp³-hybridized carbons (Fsp3) is 0.328. The van der Waals surface area contributed by atoms with E-state index in [1.807, 2.05) is 61.8 Å². The van der Waals surface area contributed by atoms with Crippen LogP contribution in [0.5, 0.6) is 0 Å². The lowest BCUT2D eigenvalue weighted by Gasteiger charge is -2.27. The number of carbonyl (C=O) groups excluding carboxylic acids is 4. The van der Waals surface area contributed by atoms with Gasteiger partial charge in [-0.05, 0) is 126 Å². The number of hydrogen-bond acceptors (Lipinski definition) is 29. The SMILES string of the molecule is CCN(CC)c1ccc(/N=N/c2nc(N3CCOCC3)c(/C=C(/C(C)=O)C(=O)Nc3cccc(S(=O)(=O)O)c3)s2)c(Nc2nc(Nc3cc(N(CC)CC)ccc3/N=N/c3nc(N4CCOCC4)c(/C=C(\C(C)=O)C(=O)Nc4cccc(S(=O)(=O)O)c4)s3)nc(SCCO)n2)c1. The lowest BCUT2D eigenvalue weighted by atomic mass is 10.1. The summed E-state index contributed by atoms with van der Waals surface area (Å²) < 4.78 is 78.0. The molecule has 0 saturated carbocycles. The normalized spacial score (nSPS) is 14.1. The van der Waals surface area contributed by atoms with Crippen LogP contribution in [-0.4, -0.2) is 170 Å². The zero-order valence-corrected chi connectivity index (χ0v) is 57.0. The van der Waals surface area contributed by atoms with Gasteiger partial charge in [0.25, 0.3) is 32.1 Å². The van der Waals surface area contributed by atoms with E-state index in [1.54, 1.807) is 12.1 Å². The number of hydrogen-bond donors (Lipinski definition) is 7.